The van der Waals surface area contributed by atoms with Gasteiger partial charge in [-0.3, -0.25) is 14.9 Å². The second-order valence-corrected chi connectivity index (χ2v) is 8.85. The molecule has 0 bridgehead atoms. The van der Waals surface area contributed by atoms with E-state index in [0.717, 1.165) is 36.4 Å². The number of carbonyl (C=O) groups is 2. The molecule has 0 unspecified atom stereocenters. The maximum Gasteiger partial charge on any atom is 0.267 e. The number of aryl methyl sites for hydroxylation is 2. The summed E-state index contributed by atoms with van der Waals surface area (Å²) < 4.78 is 0. The Morgan fingerprint density at radius 1 is 1.00 bits per heavy atom. The zero-order valence-electron chi connectivity index (χ0n) is 14.0. The van der Waals surface area contributed by atoms with Crippen LogP contribution in [0.5, 0.6) is 0 Å². The van der Waals surface area contributed by atoms with Crippen LogP contribution >= 0.6 is 22.7 Å². The number of anilines is 2. The summed E-state index contributed by atoms with van der Waals surface area (Å²) in [6.45, 7) is 0. The fraction of sp³-hybridized carbons (Fsp3) is 0.500. The van der Waals surface area contributed by atoms with Crippen molar-refractivity contribution in [3.05, 3.63) is 27.6 Å². The van der Waals surface area contributed by atoms with Crippen molar-refractivity contribution in [3.8, 4) is 0 Å². The SMILES string of the molecule is O=C(Nc1nc2c(s1)CCCCCC2)c1ccc(NC(=O)C2CC2)s1. The van der Waals surface area contributed by atoms with E-state index in [1.807, 2.05) is 0 Å². The highest BCUT2D eigenvalue weighted by molar-refractivity contribution is 7.18. The van der Waals surface area contributed by atoms with Gasteiger partial charge in [-0.2, -0.15) is 0 Å². The molecule has 0 aliphatic heterocycles. The van der Waals surface area contributed by atoms with Crippen LogP contribution in [0.4, 0.5) is 10.1 Å². The molecule has 2 heterocycles. The van der Waals surface area contributed by atoms with Crippen molar-refractivity contribution in [3.63, 3.8) is 0 Å². The van der Waals surface area contributed by atoms with Crippen molar-refractivity contribution in [1.82, 2.24) is 4.98 Å². The summed E-state index contributed by atoms with van der Waals surface area (Å²) in [5.74, 6) is 0.0707. The highest BCUT2D eigenvalue weighted by Crippen LogP contribution is 2.32. The first-order valence-corrected chi connectivity index (χ1v) is 10.5. The van der Waals surface area contributed by atoms with Gasteiger partial charge in [0.1, 0.15) is 0 Å². The number of hydrogen-bond donors (Lipinski definition) is 2. The van der Waals surface area contributed by atoms with Gasteiger partial charge >= 0.3 is 0 Å². The lowest BCUT2D eigenvalue weighted by Gasteiger charge is -2.06. The second kappa shape index (κ2) is 7.25. The Balaban J connectivity index is 1.40. The second-order valence-electron chi connectivity index (χ2n) is 6.68. The molecule has 0 saturated heterocycles. The molecule has 5 nitrogen and oxygen atoms in total. The molecule has 2 amide bonds. The number of rotatable bonds is 4. The minimum Gasteiger partial charge on any atom is -0.317 e. The average Bonchev–Trinajstić information content (AvgIpc) is 3.23. The average molecular weight is 376 g/mol. The Morgan fingerprint density at radius 2 is 1.80 bits per heavy atom. The predicted octanol–water partition coefficient (Wildman–Crippen LogP) is 4.46. The molecule has 1 fully saturated rings. The number of hydrogen-bond acceptors (Lipinski definition) is 5. The Hall–Kier alpha value is -1.73. The van der Waals surface area contributed by atoms with Crippen molar-refractivity contribution in [1.29, 1.82) is 0 Å². The van der Waals surface area contributed by atoms with E-state index < -0.39 is 0 Å². The highest BCUT2D eigenvalue weighted by Gasteiger charge is 2.30. The third-order valence-electron chi connectivity index (χ3n) is 4.59. The standard InChI is InChI=1S/C18H21N3O2S2/c22-16(11-7-8-11)20-15-10-9-14(24-15)17(23)21-18-19-12-5-3-1-2-4-6-13(12)25-18/h9-11H,1-8H2,(H,20,22)(H,19,21,23). The first-order chi connectivity index (χ1) is 12.2. The summed E-state index contributed by atoms with van der Waals surface area (Å²) in [4.78, 5) is 30.8. The zero-order valence-corrected chi connectivity index (χ0v) is 15.6. The van der Waals surface area contributed by atoms with Crippen molar-refractivity contribution in [2.75, 3.05) is 10.6 Å². The van der Waals surface area contributed by atoms with Crippen LogP contribution in [0.2, 0.25) is 0 Å². The van der Waals surface area contributed by atoms with E-state index >= 15 is 0 Å². The summed E-state index contributed by atoms with van der Waals surface area (Å²) in [6.07, 6.45) is 8.96. The summed E-state index contributed by atoms with van der Waals surface area (Å²) in [6, 6.07) is 3.55. The molecule has 0 spiro atoms. The third-order valence-corrected chi connectivity index (χ3v) is 6.66. The largest absolute Gasteiger partial charge is 0.317 e. The van der Waals surface area contributed by atoms with Crippen LogP contribution in [0.3, 0.4) is 0 Å². The number of nitrogens with zero attached hydrogens (tertiary/aromatic N) is 1. The van der Waals surface area contributed by atoms with Gasteiger partial charge in [-0.25, -0.2) is 4.98 Å². The van der Waals surface area contributed by atoms with Gasteiger partial charge in [0, 0.05) is 10.8 Å². The molecule has 2 aliphatic carbocycles. The van der Waals surface area contributed by atoms with Crippen LogP contribution < -0.4 is 10.6 Å². The van der Waals surface area contributed by atoms with E-state index in [9.17, 15) is 9.59 Å². The lowest BCUT2D eigenvalue weighted by Crippen LogP contribution is -2.12. The number of aromatic nitrogens is 1. The third kappa shape index (κ3) is 4.10. The summed E-state index contributed by atoms with van der Waals surface area (Å²) in [5.41, 5.74) is 1.16. The summed E-state index contributed by atoms with van der Waals surface area (Å²) in [7, 11) is 0. The maximum atomic E-state index is 12.5. The summed E-state index contributed by atoms with van der Waals surface area (Å²) in [5, 5.41) is 7.23. The number of carbonyl (C=O) groups excluding carboxylic acids is 2. The Morgan fingerprint density at radius 3 is 2.60 bits per heavy atom. The molecule has 4 rings (SSSR count). The molecule has 2 aromatic rings. The van der Waals surface area contributed by atoms with Crippen LogP contribution in [0.1, 0.15) is 58.8 Å². The molecule has 0 atom stereocenters. The molecule has 2 N–H and O–H groups in total. The van der Waals surface area contributed by atoms with E-state index in [1.165, 1.54) is 41.9 Å². The normalized spacial score (nSPS) is 17.3. The zero-order chi connectivity index (χ0) is 17.2. The van der Waals surface area contributed by atoms with E-state index in [1.54, 1.807) is 23.5 Å². The highest BCUT2D eigenvalue weighted by atomic mass is 32.1. The predicted molar refractivity (Wildman–Crippen MR) is 102 cm³/mol. The van der Waals surface area contributed by atoms with E-state index in [4.69, 9.17) is 0 Å². The minimum atomic E-state index is -0.154. The Bertz CT molecular complexity index is 767. The number of fused-ring (bicyclic) bond motifs is 1. The molecule has 7 heteroatoms. The van der Waals surface area contributed by atoms with Gasteiger partial charge in [-0.15, -0.1) is 22.7 Å². The van der Waals surface area contributed by atoms with Crippen LogP contribution in [-0.2, 0) is 17.6 Å². The van der Waals surface area contributed by atoms with Crippen LogP contribution in [0.25, 0.3) is 0 Å². The Kier molecular flexibility index (Phi) is 4.85. The fourth-order valence-corrected chi connectivity index (χ4v) is 4.86. The lowest BCUT2D eigenvalue weighted by atomic mass is 10.0. The molecule has 0 aromatic carbocycles. The number of thiazole rings is 1. The van der Waals surface area contributed by atoms with E-state index in [0.29, 0.717) is 10.0 Å². The fourth-order valence-electron chi connectivity index (χ4n) is 3.01. The molecule has 25 heavy (non-hydrogen) atoms. The monoisotopic (exact) mass is 375 g/mol. The molecular formula is C18H21N3O2S2. The smallest absolute Gasteiger partial charge is 0.267 e. The molecular weight excluding hydrogens is 354 g/mol. The van der Waals surface area contributed by atoms with Crippen molar-refractivity contribution in [2.45, 2.75) is 51.4 Å². The van der Waals surface area contributed by atoms with Gasteiger partial charge in [0.2, 0.25) is 5.91 Å². The molecule has 132 valence electrons. The van der Waals surface area contributed by atoms with Gasteiger partial charge in [-0.1, -0.05) is 12.8 Å². The van der Waals surface area contributed by atoms with Gasteiger partial charge in [0.25, 0.3) is 5.91 Å². The van der Waals surface area contributed by atoms with Gasteiger partial charge in [0.15, 0.2) is 5.13 Å². The number of nitrogens with one attached hydrogen (secondary N) is 2. The number of amides is 2. The first kappa shape index (κ1) is 16.7. The van der Waals surface area contributed by atoms with E-state index in [-0.39, 0.29) is 17.7 Å². The number of thiophene rings is 1. The minimum absolute atomic E-state index is 0.0635. The molecule has 2 aliphatic rings. The van der Waals surface area contributed by atoms with Gasteiger partial charge in [0.05, 0.1) is 15.6 Å². The lowest BCUT2D eigenvalue weighted by molar-refractivity contribution is -0.117. The van der Waals surface area contributed by atoms with Crippen molar-refractivity contribution in [2.24, 2.45) is 5.92 Å². The van der Waals surface area contributed by atoms with E-state index in [2.05, 4.69) is 15.6 Å². The van der Waals surface area contributed by atoms with Gasteiger partial charge in [-0.05, 0) is 50.7 Å². The molecule has 0 radical (unpaired) electrons. The first-order valence-electron chi connectivity index (χ1n) is 8.89. The van der Waals surface area contributed by atoms with Crippen LogP contribution in [0, 0.1) is 5.92 Å². The van der Waals surface area contributed by atoms with Crippen molar-refractivity contribution >= 4 is 44.6 Å². The summed E-state index contributed by atoms with van der Waals surface area (Å²) >= 11 is 2.91. The Labute approximate surface area is 154 Å². The molecule has 2 aromatic heterocycles. The molecule has 1 saturated carbocycles. The topological polar surface area (TPSA) is 71.1 Å². The van der Waals surface area contributed by atoms with Gasteiger partial charge < -0.3 is 5.32 Å². The van der Waals surface area contributed by atoms with Crippen LogP contribution in [0.15, 0.2) is 12.1 Å². The van der Waals surface area contributed by atoms with Crippen molar-refractivity contribution < 1.29 is 9.59 Å². The van der Waals surface area contributed by atoms with Crippen LogP contribution in [-0.4, -0.2) is 16.8 Å². The quantitative estimate of drug-likeness (QED) is 0.828. The maximum absolute atomic E-state index is 12.5.